The van der Waals surface area contributed by atoms with E-state index in [1.807, 2.05) is 6.92 Å². The van der Waals surface area contributed by atoms with E-state index in [1.54, 1.807) is 0 Å². The molecule has 0 aliphatic rings. The second-order valence-electron chi connectivity index (χ2n) is 4.32. The quantitative estimate of drug-likeness (QED) is 0.592. The lowest BCUT2D eigenvalue weighted by Gasteiger charge is -2.12. The maximum Gasteiger partial charge on any atom is 0.303 e. The molecule has 0 aliphatic heterocycles. The highest BCUT2D eigenvalue weighted by Crippen LogP contribution is 2.03. The van der Waals surface area contributed by atoms with Gasteiger partial charge in [-0.15, -0.1) is 0 Å². The predicted octanol–water partition coefficient (Wildman–Crippen LogP) is 2.27. The van der Waals surface area contributed by atoms with Gasteiger partial charge in [0.15, 0.2) is 0 Å². The van der Waals surface area contributed by atoms with E-state index in [9.17, 15) is 4.79 Å². The van der Waals surface area contributed by atoms with Gasteiger partial charge in [0.2, 0.25) is 0 Å². The van der Waals surface area contributed by atoms with Crippen LogP contribution in [0.4, 0.5) is 0 Å². The van der Waals surface area contributed by atoms with E-state index in [1.165, 1.54) is 12.8 Å². The van der Waals surface area contributed by atoms with Gasteiger partial charge >= 0.3 is 5.97 Å². The highest BCUT2D eigenvalue weighted by Gasteiger charge is 2.04. The molecule has 0 saturated heterocycles. The molecule has 0 radical (unpaired) electrons. The molecule has 1 unspecified atom stereocenters. The molecular weight excluding hydrogens is 178 g/mol. The Balaban J connectivity index is 3.26. The van der Waals surface area contributed by atoms with Crippen molar-refractivity contribution in [1.82, 2.24) is 5.32 Å². The van der Waals surface area contributed by atoms with Gasteiger partial charge in [0.1, 0.15) is 0 Å². The fourth-order valence-corrected chi connectivity index (χ4v) is 1.30. The maximum atomic E-state index is 10.3. The summed E-state index contributed by atoms with van der Waals surface area (Å²) in [7, 11) is 0. The number of carboxylic acid groups (broad SMARTS) is 1. The lowest BCUT2D eigenvalue weighted by Crippen LogP contribution is -2.27. The molecule has 0 aromatic carbocycles. The average Bonchev–Trinajstić information content (AvgIpc) is 2.08. The maximum absolute atomic E-state index is 10.3. The number of carbonyl (C=O) groups is 1. The van der Waals surface area contributed by atoms with Crippen molar-refractivity contribution in [3.8, 4) is 0 Å². The van der Waals surface area contributed by atoms with Crippen molar-refractivity contribution < 1.29 is 9.90 Å². The normalized spacial score (nSPS) is 13.1. The van der Waals surface area contributed by atoms with Crippen LogP contribution < -0.4 is 5.32 Å². The molecule has 0 aromatic rings. The Kier molecular flexibility index (Phi) is 7.48. The third kappa shape index (κ3) is 9.52. The van der Waals surface area contributed by atoms with Crippen molar-refractivity contribution in [2.75, 3.05) is 6.54 Å². The molecule has 0 rings (SSSR count). The number of aliphatic carboxylic acids is 1. The Morgan fingerprint density at radius 3 is 2.43 bits per heavy atom. The lowest BCUT2D eigenvalue weighted by atomic mass is 10.1. The van der Waals surface area contributed by atoms with Gasteiger partial charge in [0, 0.05) is 12.5 Å². The van der Waals surface area contributed by atoms with Crippen molar-refractivity contribution in [2.45, 2.75) is 52.5 Å². The number of nitrogens with one attached hydrogen (secondary N) is 1. The van der Waals surface area contributed by atoms with Crippen molar-refractivity contribution in [3.05, 3.63) is 0 Å². The van der Waals surface area contributed by atoms with E-state index in [4.69, 9.17) is 5.11 Å². The van der Waals surface area contributed by atoms with E-state index in [0.717, 1.165) is 18.9 Å². The van der Waals surface area contributed by atoms with Crippen LogP contribution in [0.2, 0.25) is 0 Å². The minimum absolute atomic E-state index is 0.262. The number of rotatable bonds is 8. The topological polar surface area (TPSA) is 49.3 Å². The minimum atomic E-state index is -0.708. The lowest BCUT2D eigenvalue weighted by molar-refractivity contribution is -0.137. The van der Waals surface area contributed by atoms with Gasteiger partial charge < -0.3 is 10.4 Å². The Morgan fingerprint density at radius 2 is 1.93 bits per heavy atom. The molecule has 14 heavy (non-hydrogen) atoms. The first-order valence-corrected chi connectivity index (χ1v) is 5.47. The van der Waals surface area contributed by atoms with Crippen LogP contribution in [0.1, 0.15) is 46.5 Å². The second-order valence-corrected chi connectivity index (χ2v) is 4.32. The van der Waals surface area contributed by atoms with Gasteiger partial charge in [-0.05, 0) is 38.6 Å². The van der Waals surface area contributed by atoms with Gasteiger partial charge in [-0.1, -0.05) is 13.8 Å². The first kappa shape index (κ1) is 13.4. The highest BCUT2D eigenvalue weighted by atomic mass is 16.4. The first-order valence-electron chi connectivity index (χ1n) is 5.47. The standard InChI is InChI=1S/C11H23NO2/c1-9(2)5-4-8-12-10(3)6-7-11(13)14/h9-10,12H,4-8H2,1-3H3,(H,13,14). The molecule has 3 nitrogen and oxygen atoms in total. The molecular formula is C11H23NO2. The van der Waals surface area contributed by atoms with Gasteiger partial charge in [0.05, 0.1) is 0 Å². The second kappa shape index (κ2) is 7.80. The summed E-state index contributed by atoms with van der Waals surface area (Å²) in [4.78, 5) is 10.3. The molecule has 0 fully saturated rings. The SMILES string of the molecule is CC(C)CCCNC(C)CCC(=O)O. The largest absolute Gasteiger partial charge is 0.481 e. The van der Waals surface area contributed by atoms with Crippen LogP contribution in [0.5, 0.6) is 0 Å². The number of hydrogen-bond acceptors (Lipinski definition) is 2. The van der Waals surface area contributed by atoms with Crippen LogP contribution in [-0.2, 0) is 4.79 Å². The summed E-state index contributed by atoms with van der Waals surface area (Å²) in [5.41, 5.74) is 0. The molecule has 0 saturated carbocycles. The average molecular weight is 201 g/mol. The minimum Gasteiger partial charge on any atom is -0.481 e. The van der Waals surface area contributed by atoms with E-state index in [2.05, 4.69) is 19.2 Å². The highest BCUT2D eigenvalue weighted by molar-refractivity contribution is 5.66. The van der Waals surface area contributed by atoms with Crippen LogP contribution in [0.3, 0.4) is 0 Å². The zero-order valence-corrected chi connectivity index (χ0v) is 9.55. The molecule has 0 aliphatic carbocycles. The van der Waals surface area contributed by atoms with E-state index >= 15 is 0 Å². The first-order chi connectivity index (χ1) is 6.52. The van der Waals surface area contributed by atoms with Crippen molar-refractivity contribution in [1.29, 1.82) is 0 Å². The van der Waals surface area contributed by atoms with Crippen LogP contribution in [0, 0.1) is 5.92 Å². The van der Waals surface area contributed by atoms with Gasteiger partial charge in [-0.25, -0.2) is 0 Å². The van der Waals surface area contributed by atoms with Crippen LogP contribution >= 0.6 is 0 Å². The Morgan fingerprint density at radius 1 is 1.29 bits per heavy atom. The van der Waals surface area contributed by atoms with Gasteiger partial charge in [0.25, 0.3) is 0 Å². The smallest absolute Gasteiger partial charge is 0.303 e. The fourth-order valence-electron chi connectivity index (χ4n) is 1.30. The summed E-state index contributed by atoms with van der Waals surface area (Å²) in [6.07, 6.45) is 3.39. The van der Waals surface area contributed by atoms with Crippen molar-refractivity contribution >= 4 is 5.97 Å². The molecule has 0 aromatic heterocycles. The summed E-state index contributed by atoms with van der Waals surface area (Å²) in [6, 6.07) is 0.318. The monoisotopic (exact) mass is 201 g/mol. The van der Waals surface area contributed by atoms with Crippen LogP contribution in [-0.4, -0.2) is 23.7 Å². The van der Waals surface area contributed by atoms with Crippen molar-refractivity contribution in [2.24, 2.45) is 5.92 Å². The molecule has 0 bridgehead atoms. The van der Waals surface area contributed by atoms with Gasteiger partial charge in [-0.3, -0.25) is 4.79 Å². The van der Waals surface area contributed by atoms with Crippen LogP contribution in [0.15, 0.2) is 0 Å². The van der Waals surface area contributed by atoms with E-state index in [-0.39, 0.29) is 6.42 Å². The molecule has 0 spiro atoms. The summed E-state index contributed by atoms with van der Waals surface area (Å²) >= 11 is 0. The molecule has 0 amide bonds. The third-order valence-corrected chi connectivity index (χ3v) is 2.24. The van der Waals surface area contributed by atoms with E-state index in [0.29, 0.717) is 6.04 Å². The number of carboxylic acids is 1. The van der Waals surface area contributed by atoms with E-state index < -0.39 is 5.97 Å². The molecule has 84 valence electrons. The van der Waals surface area contributed by atoms with Crippen molar-refractivity contribution in [3.63, 3.8) is 0 Å². The summed E-state index contributed by atoms with van der Waals surface area (Å²) in [5.74, 6) is 0.0481. The summed E-state index contributed by atoms with van der Waals surface area (Å²) < 4.78 is 0. The third-order valence-electron chi connectivity index (χ3n) is 2.24. The van der Waals surface area contributed by atoms with Gasteiger partial charge in [-0.2, -0.15) is 0 Å². The summed E-state index contributed by atoms with van der Waals surface area (Å²) in [5, 5.41) is 11.8. The zero-order chi connectivity index (χ0) is 11.0. The molecule has 3 heteroatoms. The predicted molar refractivity (Wildman–Crippen MR) is 58.4 cm³/mol. The fraction of sp³-hybridized carbons (Fsp3) is 0.909. The summed E-state index contributed by atoms with van der Waals surface area (Å²) in [6.45, 7) is 7.47. The Hall–Kier alpha value is -0.570. The molecule has 0 heterocycles. The number of hydrogen-bond donors (Lipinski definition) is 2. The zero-order valence-electron chi connectivity index (χ0n) is 9.55. The Bertz CT molecular complexity index is 157. The Labute approximate surface area is 86.9 Å². The van der Waals surface area contributed by atoms with Crippen LogP contribution in [0.25, 0.3) is 0 Å². The molecule has 1 atom stereocenters. The molecule has 2 N–H and O–H groups in total.